The molecule has 12 heteroatoms. The Morgan fingerprint density at radius 1 is 1.15 bits per heavy atom. The molecule has 1 aliphatic rings. The number of benzene rings is 1. The zero-order valence-corrected chi connectivity index (χ0v) is 15.0. The van der Waals surface area contributed by atoms with Gasteiger partial charge in [-0.15, -0.1) is 0 Å². The Labute approximate surface area is 154 Å². The van der Waals surface area contributed by atoms with Crippen LogP contribution in [-0.2, 0) is 25.8 Å². The summed E-state index contributed by atoms with van der Waals surface area (Å²) < 4.78 is 39.6. The van der Waals surface area contributed by atoms with Gasteiger partial charge in [-0.1, -0.05) is 47.2 Å². The third-order valence-corrected chi connectivity index (χ3v) is 4.91. The molecule has 0 aliphatic carbocycles. The van der Waals surface area contributed by atoms with Crippen molar-refractivity contribution in [1.29, 1.82) is 0 Å². The van der Waals surface area contributed by atoms with E-state index in [1.54, 1.807) is 30.3 Å². The summed E-state index contributed by atoms with van der Waals surface area (Å²) in [5.74, 6) is 0. The number of oxime groups is 1. The molecule has 5 atom stereocenters. The van der Waals surface area contributed by atoms with E-state index in [1.807, 2.05) is 0 Å². The molecule has 0 aromatic heterocycles. The third kappa shape index (κ3) is 5.89. The van der Waals surface area contributed by atoms with Crippen LogP contribution in [0.25, 0.3) is 0 Å². The number of hydrogen-bond acceptors (Lipinski definition) is 10. The molecule has 0 spiro atoms. The van der Waals surface area contributed by atoms with Gasteiger partial charge in [0, 0.05) is 6.42 Å². The average molecular weight is 409 g/mol. The molecule has 1 heterocycles. The lowest BCUT2D eigenvalue weighted by atomic mass is 10.0. The summed E-state index contributed by atoms with van der Waals surface area (Å²) in [6, 6.07) is 8.73. The van der Waals surface area contributed by atoms with Crippen molar-refractivity contribution in [3.63, 3.8) is 0 Å². The first-order valence-electron chi connectivity index (χ1n) is 7.45. The van der Waals surface area contributed by atoms with Crippen molar-refractivity contribution in [2.45, 2.75) is 36.3 Å². The zero-order chi connectivity index (χ0) is 19.3. The summed E-state index contributed by atoms with van der Waals surface area (Å²) in [5, 5.41) is 42.2. The highest BCUT2D eigenvalue weighted by Crippen LogP contribution is 2.30. The molecule has 0 saturated carbocycles. The van der Waals surface area contributed by atoms with Crippen LogP contribution in [0.5, 0.6) is 0 Å². The van der Waals surface area contributed by atoms with Crippen molar-refractivity contribution in [3.8, 4) is 0 Å². The van der Waals surface area contributed by atoms with E-state index in [-0.39, 0.29) is 11.5 Å². The van der Waals surface area contributed by atoms with Gasteiger partial charge in [-0.25, -0.2) is 4.28 Å². The lowest BCUT2D eigenvalue weighted by Gasteiger charge is -2.39. The van der Waals surface area contributed by atoms with Crippen molar-refractivity contribution < 1.29 is 42.4 Å². The second-order valence-electron chi connectivity index (χ2n) is 5.46. The van der Waals surface area contributed by atoms with Crippen LogP contribution < -0.4 is 0 Å². The molecule has 0 bridgehead atoms. The fourth-order valence-electron chi connectivity index (χ4n) is 2.25. The molecule has 1 fully saturated rings. The van der Waals surface area contributed by atoms with Gasteiger partial charge in [0.2, 0.25) is 0 Å². The van der Waals surface area contributed by atoms with Gasteiger partial charge in [-0.3, -0.25) is 4.55 Å². The van der Waals surface area contributed by atoms with E-state index < -0.39 is 46.9 Å². The molecule has 0 radical (unpaired) electrons. The van der Waals surface area contributed by atoms with Crippen LogP contribution in [0.1, 0.15) is 5.56 Å². The van der Waals surface area contributed by atoms with Gasteiger partial charge in [0.15, 0.2) is 0 Å². The van der Waals surface area contributed by atoms with E-state index in [0.717, 1.165) is 17.3 Å². The van der Waals surface area contributed by atoms with E-state index >= 15 is 0 Å². The Morgan fingerprint density at radius 3 is 2.38 bits per heavy atom. The predicted molar refractivity (Wildman–Crippen MR) is 91.6 cm³/mol. The first kappa shape index (κ1) is 21.1. The summed E-state index contributed by atoms with van der Waals surface area (Å²) >= 11 is 0.729. The SMILES string of the molecule is O=S(=O)(O)O/N=C(/Cc1ccccc1)S[C@@H]1O[C@H](CO)[C@@H](O)[C@H](O)[C@H]1O. The maximum absolute atomic E-state index is 10.8. The second kappa shape index (κ2) is 9.10. The molecule has 1 saturated heterocycles. The zero-order valence-electron chi connectivity index (χ0n) is 13.3. The fourth-order valence-corrected chi connectivity index (χ4v) is 3.58. The Bertz CT molecular complexity index is 710. The molecule has 2 rings (SSSR count). The summed E-state index contributed by atoms with van der Waals surface area (Å²) in [5.41, 5.74) is -0.444. The van der Waals surface area contributed by atoms with Crippen LogP contribution in [0, 0.1) is 0 Å². The second-order valence-corrected chi connectivity index (χ2v) is 7.64. The first-order valence-corrected chi connectivity index (χ1v) is 9.69. The number of aliphatic hydroxyl groups excluding tert-OH is 4. The minimum absolute atomic E-state index is 0.0122. The first-order chi connectivity index (χ1) is 12.2. The van der Waals surface area contributed by atoms with Crippen molar-refractivity contribution in [2.24, 2.45) is 5.16 Å². The molecule has 146 valence electrons. The number of ether oxygens (including phenoxy) is 1. The van der Waals surface area contributed by atoms with E-state index in [9.17, 15) is 28.8 Å². The van der Waals surface area contributed by atoms with E-state index in [1.165, 1.54) is 0 Å². The smallest absolute Gasteiger partial charge is 0.394 e. The molecule has 5 N–H and O–H groups in total. The van der Waals surface area contributed by atoms with Gasteiger partial charge >= 0.3 is 10.4 Å². The van der Waals surface area contributed by atoms with Crippen LogP contribution in [-0.4, -0.2) is 74.9 Å². The molecular formula is C14H19NO9S2. The lowest BCUT2D eigenvalue weighted by Crippen LogP contribution is -2.57. The molecular weight excluding hydrogens is 390 g/mol. The van der Waals surface area contributed by atoms with Crippen molar-refractivity contribution in [1.82, 2.24) is 0 Å². The molecule has 1 aromatic carbocycles. The van der Waals surface area contributed by atoms with Gasteiger partial charge in [-0.05, 0) is 5.56 Å². The standard InChI is InChI=1S/C14H19NO9S2/c16-7-9-11(17)12(18)13(19)14(23-9)25-10(15-24-26(20,21)22)6-8-4-2-1-3-5-8/h1-5,9,11-14,16-19H,6-7H2,(H,20,21,22)/b15-10-/t9-,11-,12+,13-,14+/m1/s1. The van der Waals surface area contributed by atoms with Gasteiger partial charge < -0.3 is 25.2 Å². The fraction of sp³-hybridized carbons (Fsp3) is 0.500. The molecule has 10 nitrogen and oxygen atoms in total. The van der Waals surface area contributed by atoms with Crippen molar-refractivity contribution >= 4 is 27.2 Å². The van der Waals surface area contributed by atoms with Crippen molar-refractivity contribution in [2.75, 3.05) is 6.61 Å². The minimum atomic E-state index is -4.83. The summed E-state index contributed by atoms with van der Waals surface area (Å²) in [4.78, 5) is 0. The Hall–Kier alpha value is -1.25. The number of rotatable bonds is 6. The lowest BCUT2D eigenvalue weighted by molar-refractivity contribution is -0.205. The van der Waals surface area contributed by atoms with Crippen LogP contribution in [0.2, 0.25) is 0 Å². The largest absolute Gasteiger partial charge is 0.466 e. The Morgan fingerprint density at radius 2 is 1.81 bits per heavy atom. The van der Waals surface area contributed by atoms with Gasteiger partial charge in [0.1, 0.15) is 34.9 Å². The highest BCUT2D eigenvalue weighted by molar-refractivity contribution is 8.14. The average Bonchev–Trinajstić information content (AvgIpc) is 2.60. The number of aliphatic hydroxyl groups is 4. The molecule has 1 aromatic rings. The maximum atomic E-state index is 10.8. The number of nitrogens with zero attached hydrogens (tertiary/aromatic N) is 1. The third-order valence-electron chi connectivity index (χ3n) is 3.53. The Kier molecular flexibility index (Phi) is 7.37. The van der Waals surface area contributed by atoms with Gasteiger partial charge in [0.25, 0.3) is 0 Å². The van der Waals surface area contributed by atoms with Crippen LogP contribution in [0.15, 0.2) is 35.5 Å². The quantitative estimate of drug-likeness (QED) is 0.168. The highest BCUT2D eigenvalue weighted by Gasteiger charge is 2.44. The Balaban J connectivity index is 2.19. The highest BCUT2D eigenvalue weighted by atomic mass is 32.3. The normalized spacial score (nSPS) is 30.2. The van der Waals surface area contributed by atoms with Crippen LogP contribution in [0.3, 0.4) is 0 Å². The molecule has 1 aliphatic heterocycles. The number of hydrogen-bond donors (Lipinski definition) is 5. The van der Waals surface area contributed by atoms with E-state index in [4.69, 9.17) is 9.29 Å². The predicted octanol–water partition coefficient (Wildman–Crippen LogP) is -1.10. The number of thioether (sulfide) groups is 1. The van der Waals surface area contributed by atoms with Gasteiger partial charge in [-0.2, -0.15) is 8.42 Å². The topological polar surface area (TPSA) is 166 Å². The van der Waals surface area contributed by atoms with Crippen LogP contribution >= 0.6 is 11.8 Å². The summed E-state index contributed by atoms with van der Waals surface area (Å²) in [7, 11) is -4.83. The summed E-state index contributed by atoms with van der Waals surface area (Å²) in [6.45, 7) is -0.602. The van der Waals surface area contributed by atoms with E-state index in [2.05, 4.69) is 9.44 Å². The minimum Gasteiger partial charge on any atom is -0.394 e. The molecule has 26 heavy (non-hydrogen) atoms. The van der Waals surface area contributed by atoms with Gasteiger partial charge in [0.05, 0.1) is 6.61 Å². The maximum Gasteiger partial charge on any atom is 0.466 e. The summed E-state index contributed by atoms with van der Waals surface area (Å²) in [6.07, 6.45) is -5.68. The van der Waals surface area contributed by atoms with Crippen LogP contribution in [0.4, 0.5) is 0 Å². The molecule has 0 unspecified atom stereocenters. The van der Waals surface area contributed by atoms with E-state index in [0.29, 0.717) is 0 Å². The monoisotopic (exact) mass is 409 g/mol. The molecule has 0 amide bonds. The van der Waals surface area contributed by atoms with Crippen molar-refractivity contribution in [3.05, 3.63) is 35.9 Å².